The van der Waals surface area contributed by atoms with Gasteiger partial charge in [0.05, 0.1) is 0 Å². The lowest BCUT2D eigenvalue weighted by atomic mass is 10.1. The fourth-order valence-corrected chi connectivity index (χ4v) is 1.60. The smallest absolute Gasteiger partial charge is 0.193 e. The summed E-state index contributed by atoms with van der Waals surface area (Å²) in [6.45, 7) is 2.10. The maximum atomic E-state index is 5.65. The van der Waals surface area contributed by atoms with E-state index in [1.807, 2.05) is 6.07 Å². The van der Waals surface area contributed by atoms with Crippen molar-refractivity contribution in [2.24, 2.45) is 0 Å². The zero-order chi connectivity index (χ0) is 7.68. The van der Waals surface area contributed by atoms with E-state index < -0.39 is 0 Å². The van der Waals surface area contributed by atoms with Crippen LogP contribution in [0.25, 0.3) is 0 Å². The van der Waals surface area contributed by atoms with Crippen molar-refractivity contribution in [1.29, 1.82) is 0 Å². The highest BCUT2D eigenvalue weighted by Crippen LogP contribution is 2.25. The van der Waals surface area contributed by atoms with Crippen LogP contribution in [0.2, 0.25) is 5.22 Å². The maximum Gasteiger partial charge on any atom is 0.193 e. The summed E-state index contributed by atoms with van der Waals surface area (Å²) in [5, 5.41) is 3.77. The van der Waals surface area contributed by atoms with Gasteiger partial charge in [-0.3, -0.25) is 0 Å². The predicted molar refractivity (Wildman–Crippen MR) is 43.9 cm³/mol. The molecule has 0 bridgehead atoms. The Bertz CT molecular complexity index is 240. The van der Waals surface area contributed by atoms with Crippen molar-refractivity contribution in [2.45, 2.75) is 12.3 Å². The van der Waals surface area contributed by atoms with Gasteiger partial charge in [-0.1, -0.05) is 0 Å². The van der Waals surface area contributed by atoms with E-state index in [0.29, 0.717) is 11.1 Å². The van der Waals surface area contributed by atoms with Crippen LogP contribution in [-0.2, 0) is 0 Å². The Morgan fingerprint density at radius 3 is 3.00 bits per heavy atom. The number of hydrogen-bond acceptors (Lipinski definition) is 2. The van der Waals surface area contributed by atoms with E-state index in [1.165, 1.54) is 0 Å². The van der Waals surface area contributed by atoms with E-state index in [9.17, 15) is 0 Å². The lowest BCUT2D eigenvalue weighted by Crippen LogP contribution is -2.07. The summed E-state index contributed by atoms with van der Waals surface area (Å²) in [4.78, 5) is 0. The minimum Gasteiger partial charge on any atom is -0.449 e. The summed E-state index contributed by atoms with van der Waals surface area (Å²) in [5.41, 5.74) is 0. The van der Waals surface area contributed by atoms with Crippen molar-refractivity contribution in [2.75, 3.05) is 13.1 Å². The van der Waals surface area contributed by atoms with Gasteiger partial charge in [0.15, 0.2) is 5.22 Å². The highest BCUT2D eigenvalue weighted by atomic mass is 35.5. The van der Waals surface area contributed by atoms with E-state index in [0.717, 1.165) is 25.3 Å². The van der Waals surface area contributed by atoms with Crippen LogP contribution in [-0.4, -0.2) is 13.1 Å². The topological polar surface area (TPSA) is 25.2 Å². The second-order valence-corrected chi connectivity index (χ2v) is 3.20. The molecule has 0 radical (unpaired) electrons. The first kappa shape index (κ1) is 7.19. The number of nitrogens with one attached hydrogen (secondary N) is 1. The molecule has 1 unspecified atom stereocenters. The monoisotopic (exact) mass is 171 g/mol. The van der Waals surface area contributed by atoms with Crippen LogP contribution in [0.3, 0.4) is 0 Å². The standard InChI is InChI=1S/C8H10ClNO/c9-8-2-1-7(11-8)6-3-4-10-5-6/h1-2,6,10H,3-5H2. The normalized spacial score (nSPS) is 24.3. The molecule has 0 aliphatic carbocycles. The van der Waals surface area contributed by atoms with Crippen molar-refractivity contribution < 1.29 is 4.42 Å². The van der Waals surface area contributed by atoms with Crippen LogP contribution < -0.4 is 5.32 Å². The van der Waals surface area contributed by atoms with Crippen LogP contribution in [0, 0.1) is 0 Å². The molecule has 60 valence electrons. The first-order chi connectivity index (χ1) is 5.36. The molecule has 1 fully saturated rings. The first-order valence-corrected chi connectivity index (χ1v) is 4.20. The third-order valence-corrected chi connectivity index (χ3v) is 2.26. The number of rotatable bonds is 1. The van der Waals surface area contributed by atoms with Gasteiger partial charge in [-0.2, -0.15) is 0 Å². The average molecular weight is 172 g/mol. The van der Waals surface area contributed by atoms with Crippen LogP contribution in [0.1, 0.15) is 18.1 Å². The van der Waals surface area contributed by atoms with Gasteiger partial charge < -0.3 is 9.73 Å². The molecule has 1 atom stereocenters. The molecule has 0 spiro atoms. The maximum absolute atomic E-state index is 5.65. The lowest BCUT2D eigenvalue weighted by Gasteiger charge is -2.01. The summed E-state index contributed by atoms with van der Waals surface area (Å²) >= 11 is 5.65. The number of hydrogen-bond donors (Lipinski definition) is 1. The Balaban J connectivity index is 2.15. The van der Waals surface area contributed by atoms with Gasteiger partial charge in [0, 0.05) is 12.5 Å². The summed E-state index contributed by atoms with van der Waals surface area (Å²) in [5.74, 6) is 1.54. The summed E-state index contributed by atoms with van der Waals surface area (Å²) in [7, 11) is 0. The molecule has 1 aromatic heterocycles. The Kier molecular flexibility index (Phi) is 1.88. The summed E-state index contributed by atoms with van der Waals surface area (Å²) in [6, 6.07) is 3.76. The minimum atomic E-state index is 0.493. The molecule has 2 heterocycles. The molecule has 2 rings (SSSR count). The second kappa shape index (κ2) is 2.88. The van der Waals surface area contributed by atoms with Crippen molar-refractivity contribution in [3.63, 3.8) is 0 Å². The zero-order valence-corrected chi connectivity index (χ0v) is 6.90. The summed E-state index contributed by atoms with van der Waals surface area (Å²) in [6.07, 6.45) is 1.16. The Hall–Kier alpha value is -0.470. The minimum absolute atomic E-state index is 0.493. The van der Waals surface area contributed by atoms with Gasteiger partial charge in [0.1, 0.15) is 5.76 Å². The van der Waals surface area contributed by atoms with Crippen LogP contribution in [0.5, 0.6) is 0 Å². The molecule has 2 nitrogen and oxygen atoms in total. The molecule has 1 aliphatic rings. The largest absolute Gasteiger partial charge is 0.449 e. The predicted octanol–water partition coefficient (Wildman–Crippen LogP) is 2.01. The van der Waals surface area contributed by atoms with Gasteiger partial charge in [-0.05, 0) is 36.7 Å². The van der Waals surface area contributed by atoms with Crippen LogP contribution in [0.4, 0.5) is 0 Å². The molecule has 1 aromatic rings. The Morgan fingerprint density at radius 2 is 2.45 bits per heavy atom. The van der Waals surface area contributed by atoms with Crippen molar-refractivity contribution in [1.82, 2.24) is 5.32 Å². The van der Waals surface area contributed by atoms with Gasteiger partial charge in [0.2, 0.25) is 0 Å². The third-order valence-electron chi connectivity index (χ3n) is 2.06. The molecule has 1 saturated heterocycles. The average Bonchev–Trinajstić information content (AvgIpc) is 2.55. The number of halogens is 1. The molecule has 0 aromatic carbocycles. The highest BCUT2D eigenvalue weighted by Gasteiger charge is 2.19. The Morgan fingerprint density at radius 1 is 1.55 bits per heavy atom. The van der Waals surface area contributed by atoms with E-state index in [4.69, 9.17) is 16.0 Å². The van der Waals surface area contributed by atoms with Crippen LogP contribution in [0.15, 0.2) is 16.5 Å². The second-order valence-electron chi connectivity index (χ2n) is 2.83. The van der Waals surface area contributed by atoms with E-state index in [-0.39, 0.29) is 0 Å². The highest BCUT2D eigenvalue weighted by molar-refractivity contribution is 6.28. The summed E-state index contributed by atoms with van der Waals surface area (Å²) < 4.78 is 5.29. The van der Waals surface area contributed by atoms with Gasteiger partial charge in [-0.15, -0.1) is 0 Å². The molecule has 3 heteroatoms. The fraction of sp³-hybridized carbons (Fsp3) is 0.500. The Labute approximate surface area is 70.5 Å². The van der Waals surface area contributed by atoms with Gasteiger partial charge >= 0.3 is 0 Å². The van der Waals surface area contributed by atoms with E-state index in [2.05, 4.69) is 5.32 Å². The van der Waals surface area contributed by atoms with Crippen LogP contribution >= 0.6 is 11.6 Å². The third kappa shape index (κ3) is 1.42. The first-order valence-electron chi connectivity index (χ1n) is 3.82. The van der Waals surface area contributed by atoms with Crippen molar-refractivity contribution >= 4 is 11.6 Å². The SMILES string of the molecule is Clc1ccc(C2CCNC2)o1. The number of furan rings is 1. The molecular formula is C8H10ClNO. The van der Waals surface area contributed by atoms with E-state index >= 15 is 0 Å². The molecule has 0 amide bonds. The van der Waals surface area contributed by atoms with Gasteiger partial charge in [0.25, 0.3) is 0 Å². The fourth-order valence-electron chi connectivity index (χ4n) is 1.45. The van der Waals surface area contributed by atoms with Gasteiger partial charge in [-0.25, -0.2) is 0 Å². The molecule has 1 N–H and O–H groups in total. The van der Waals surface area contributed by atoms with Crippen molar-refractivity contribution in [3.05, 3.63) is 23.1 Å². The quantitative estimate of drug-likeness (QED) is 0.700. The molecule has 11 heavy (non-hydrogen) atoms. The lowest BCUT2D eigenvalue weighted by molar-refractivity contribution is 0.475. The van der Waals surface area contributed by atoms with E-state index in [1.54, 1.807) is 6.07 Å². The van der Waals surface area contributed by atoms with Crippen molar-refractivity contribution in [3.8, 4) is 0 Å². The molecule has 1 aliphatic heterocycles. The molecule has 0 saturated carbocycles. The zero-order valence-electron chi connectivity index (χ0n) is 6.14. The molecular weight excluding hydrogens is 162 g/mol.